The monoisotopic (exact) mass is 208 g/mol. The first kappa shape index (κ1) is 9.76. The molecule has 0 aromatic carbocycles. The summed E-state index contributed by atoms with van der Waals surface area (Å²) in [5.74, 6) is -1.70. The molecule has 0 saturated carbocycles. The number of rotatable bonds is 0. The number of likely N-dealkylation sites (tertiary alicyclic amines) is 1. The van der Waals surface area contributed by atoms with Crippen molar-refractivity contribution in [2.45, 2.75) is 37.6 Å². The number of carbonyl (C=O) groups excluding carboxylic acids is 1. The number of carbonyl (C=O) groups is 1. The van der Waals surface area contributed by atoms with Crippen molar-refractivity contribution in [1.29, 1.82) is 0 Å². The standard InChI is InChI=1S/C8H11F3N2O/c1-4-6-2-5(12-4)3-13(6)7(14)8(9,10)11/h4-6,12H,2-3H2,1H3/t4-,5+,6+/m0/s1. The van der Waals surface area contributed by atoms with Gasteiger partial charge in [-0.3, -0.25) is 4.79 Å². The second-order valence-corrected chi connectivity index (χ2v) is 3.91. The highest BCUT2D eigenvalue weighted by molar-refractivity contribution is 5.82. The van der Waals surface area contributed by atoms with Crippen LogP contribution in [-0.4, -0.2) is 41.7 Å². The zero-order valence-corrected chi connectivity index (χ0v) is 7.64. The molecule has 2 bridgehead atoms. The van der Waals surface area contributed by atoms with Crippen molar-refractivity contribution in [3.8, 4) is 0 Å². The summed E-state index contributed by atoms with van der Waals surface area (Å²) < 4.78 is 36.4. The summed E-state index contributed by atoms with van der Waals surface area (Å²) >= 11 is 0. The van der Waals surface area contributed by atoms with Crippen LogP contribution in [-0.2, 0) is 4.79 Å². The molecule has 2 rings (SSSR count). The van der Waals surface area contributed by atoms with Crippen molar-refractivity contribution in [3.63, 3.8) is 0 Å². The van der Waals surface area contributed by atoms with Gasteiger partial charge in [-0.1, -0.05) is 0 Å². The Bertz CT molecular complexity index is 266. The Morgan fingerprint density at radius 1 is 1.50 bits per heavy atom. The Balaban J connectivity index is 2.11. The van der Waals surface area contributed by atoms with Crippen LogP contribution in [0.1, 0.15) is 13.3 Å². The van der Waals surface area contributed by atoms with Gasteiger partial charge in [-0.15, -0.1) is 0 Å². The Hall–Kier alpha value is -0.780. The highest BCUT2D eigenvalue weighted by Gasteiger charge is 2.52. The van der Waals surface area contributed by atoms with Crippen LogP contribution in [0, 0.1) is 0 Å². The molecule has 2 aliphatic heterocycles. The molecule has 0 unspecified atom stereocenters. The summed E-state index contributed by atoms with van der Waals surface area (Å²) in [6.07, 6.45) is -4.09. The average Bonchev–Trinajstić information content (AvgIpc) is 2.58. The summed E-state index contributed by atoms with van der Waals surface area (Å²) in [5, 5.41) is 3.13. The normalized spacial score (nSPS) is 36.6. The molecular weight excluding hydrogens is 197 g/mol. The van der Waals surface area contributed by atoms with Crippen LogP contribution in [0.5, 0.6) is 0 Å². The molecule has 1 amide bonds. The third kappa shape index (κ3) is 1.37. The highest BCUT2D eigenvalue weighted by atomic mass is 19.4. The maximum atomic E-state index is 12.1. The van der Waals surface area contributed by atoms with Crippen LogP contribution < -0.4 is 5.32 Å². The van der Waals surface area contributed by atoms with Crippen molar-refractivity contribution in [2.24, 2.45) is 0 Å². The number of piperazine rings is 1. The highest BCUT2D eigenvalue weighted by Crippen LogP contribution is 2.31. The van der Waals surface area contributed by atoms with E-state index in [9.17, 15) is 18.0 Å². The molecule has 3 nitrogen and oxygen atoms in total. The SMILES string of the molecule is C[C@@H]1N[C@@H]2C[C@H]1N(C(=O)C(F)(F)F)C2. The Labute approximate surface area is 79.3 Å². The number of alkyl halides is 3. The second-order valence-electron chi connectivity index (χ2n) is 3.91. The molecule has 0 aromatic heterocycles. The lowest BCUT2D eigenvalue weighted by Crippen LogP contribution is -2.54. The molecule has 0 radical (unpaired) electrons. The van der Waals surface area contributed by atoms with Crippen LogP contribution in [0.4, 0.5) is 13.2 Å². The number of amides is 1. The van der Waals surface area contributed by atoms with Gasteiger partial charge in [0.1, 0.15) is 0 Å². The first-order valence-corrected chi connectivity index (χ1v) is 4.53. The van der Waals surface area contributed by atoms with E-state index in [0.717, 1.165) is 4.90 Å². The molecular formula is C8H11F3N2O. The number of fused-ring (bicyclic) bond motifs is 2. The van der Waals surface area contributed by atoms with Gasteiger partial charge in [0.25, 0.3) is 0 Å². The maximum Gasteiger partial charge on any atom is 0.471 e. The van der Waals surface area contributed by atoms with Gasteiger partial charge in [-0.2, -0.15) is 13.2 Å². The minimum Gasteiger partial charge on any atom is -0.329 e. The van der Waals surface area contributed by atoms with Crippen LogP contribution in [0.15, 0.2) is 0 Å². The molecule has 80 valence electrons. The summed E-state index contributed by atoms with van der Waals surface area (Å²) in [6.45, 7) is 1.99. The van der Waals surface area contributed by atoms with Gasteiger partial charge < -0.3 is 10.2 Å². The number of nitrogens with zero attached hydrogens (tertiary/aromatic N) is 1. The first-order chi connectivity index (χ1) is 6.39. The van der Waals surface area contributed by atoms with Crippen LogP contribution in [0.25, 0.3) is 0 Å². The Morgan fingerprint density at radius 3 is 2.57 bits per heavy atom. The molecule has 2 saturated heterocycles. The number of halogens is 3. The molecule has 0 spiro atoms. The molecule has 1 N–H and O–H groups in total. The quantitative estimate of drug-likeness (QED) is 0.629. The van der Waals surface area contributed by atoms with Gasteiger partial charge in [0, 0.05) is 24.7 Å². The van der Waals surface area contributed by atoms with E-state index in [0.29, 0.717) is 6.42 Å². The van der Waals surface area contributed by atoms with Gasteiger partial charge >= 0.3 is 12.1 Å². The maximum absolute atomic E-state index is 12.1. The van der Waals surface area contributed by atoms with E-state index in [1.807, 2.05) is 0 Å². The second kappa shape index (κ2) is 2.85. The van der Waals surface area contributed by atoms with Gasteiger partial charge in [0.05, 0.1) is 0 Å². The fourth-order valence-corrected chi connectivity index (χ4v) is 2.34. The summed E-state index contributed by atoms with van der Waals surface area (Å²) in [6, 6.07) is -0.268. The largest absolute Gasteiger partial charge is 0.471 e. The third-order valence-corrected chi connectivity index (χ3v) is 2.92. The molecule has 2 aliphatic rings. The van der Waals surface area contributed by atoms with Crippen molar-refractivity contribution >= 4 is 5.91 Å². The lowest BCUT2D eigenvalue weighted by molar-refractivity contribution is -0.187. The Morgan fingerprint density at radius 2 is 2.14 bits per heavy atom. The topological polar surface area (TPSA) is 32.3 Å². The number of hydrogen-bond donors (Lipinski definition) is 1. The van der Waals surface area contributed by atoms with E-state index < -0.39 is 12.1 Å². The van der Waals surface area contributed by atoms with Crippen LogP contribution in [0.3, 0.4) is 0 Å². The van der Waals surface area contributed by atoms with E-state index in [2.05, 4.69) is 5.32 Å². The molecule has 2 fully saturated rings. The van der Waals surface area contributed by atoms with Gasteiger partial charge in [0.15, 0.2) is 0 Å². The predicted molar refractivity (Wildman–Crippen MR) is 42.6 cm³/mol. The molecule has 0 aromatic rings. The smallest absolute Gasteiger partial charge is 0.329 e. The van der Waals surface area contributed by atoms with Crippen LogP contribution >= 0.6 is 0 Å². The summed E-state index contributed by atoms with van der Waals surface area (Å²) in [4.78, 5) is 11.9. The number of hydrogen-bond acceptors (Lipinski definition) is 2. The molecule has 14 heavy (non-hydrogen) atoms. The van der Waals surface area contributed by atoms with Crippen LogP contribution in [0.2, 0.25) is 0 Å². The van der Waals surface area contributed by atoms with E-state index in [4.69, 9.17) is 0 Å². The van der Waals surface area contributed by atoms with Gasteiger partial charge in [-0.05, 0) is 13.3 Å². The van der Waals surface area contributed by atoms with Gasteiger partial charge in [-0.25, -0.2) is 0 Å². The number of nitrogens with one attached hydrogen (secondary N) is 1. The fourth-order valence-electron chi connectivity index (χ4n) is 2.34. The van der Waals surface area contributed by atoms with E-state index in [-0.39, 0.29) is 24.7 Å². The molecule has 6 heteroatoms. The third-order valence-electron chi connectivity index (χ3n) is 2.92. The van der Waals surface area contributed by atoms with Crippen molar-refractivity contribution in [2.75, 3.05) is 6.54 Å². The zero-order chi connectivity index (χ0) is 10.5. The zero-order valence-electron chi connectivity index (χ0n) is 7.64. The van der Waals surface area contributed by atoms with E-state index in [1.54, 1.807) is 6.92 Å². The van der Waals surface area contributed by atoms with Crippen molar-refractivity contribution in [3.05, 3.63) is 0 Å². The molecule has 0 aliphatic carbocycles. The molecule has 2 heterocycles. The summed E-state index contributed by atoms with van der Waals surface area (Å²) in [7, 11) is 0. The summed E-state index contributed by atoms with van der Waals surface area (Å²) in [5.41, 5.74) is 0. The van der Waals surface area contributed by atoms with Gasteiger partial charge in [0.2, 0.25) is 0 Å². The predicted octanol–water partition coefficient (Wildman–Crippen LogP) is 0.510. The van der Waals surface area contributed by atoms with Crippen molar-refractivity contribution < 1.29 is 18.0 Å². The minimum atomic E-state index is -4.73. The lowest BCUT2D eigenvalue weighted by atomic mass is 10.1. The average molecular weight is 208 g/mol. The van der Waals surface area contributed by atoms with E-state index >= 15 is 0 Å². The van der Waals surface area contributed by atoms with Crippen molar-refractivity contribution in [1.82, 2.24) is 10.2 Å². The minimum absolute atomic E-state index is 0.0277. The first-order valence-electron chi connectivity index (χ1n) is 4.53. The van der Waals surface area contributed by atoms with E-state index in [1.165, 1.54) is 0 Å². The lowest BCUT2D eigenvalue weighted by Gasteiger charge is -2.32. The fraction of sp³-hybridized carbons (Fsp3) is 0.875. The molecule has 3 atom stereocenters. The Kier molecular flexibility index (Phi) is 1.99.